The number of hydrogen-bond donors (Lipinski definition) is 2. The average Bonchev–Trinajstić information content (AvgIpc) is 2.70. The molecule has 0 radical (unpaired) electrons. The first kappa shape index (κ1) is 22.9. The third kappa shape index (κ3) is 6.05. The highest BCUT2D eigenvalue weighted by Gasteiger charge is 2.19. The van der Waals surface area contributed by atoms with Crippen molar-refractivity contribution in [3.05, 3.63) is 52.1 Å². The van der Waals surface area contributed by atoms with Gasteiger partial charge in [-0.2, -0.15) is 0 Å². The number of hydrogen-bond acceptors (Lipinski definition) is 7. The topological polar surface area (TPSA) is 112 Å². The number of thiocarbonyl (C=S) groups is 1. The van der Waals surface area contributed by atoms with Crippen molar-refractivity contribution in [1.82, 2.24) is 5.32 Å². The molecule has 0 aliphatic carbocycles. The Kier molecular flexibility index (Phi) is 8.36. The molecule has 2 rings (SSSR count). The molecule has 0 saturated carbocycles. The van der Waals surface area contributed by atoms with Gasteiger partial charge < -0.3 is 19.5 Å². The van der Waals surface area contributed by atoms with Crippen LogP contribution in [-0.4, -0.2) is 35.8 Å². The monoisotopic (exact) mass is 433 g/mol. The Morgan fingerprint density at radius 2 is 1.63 bits per heavy atom. The number of anilines is 1. The molecule has 0 aliphatic heterocycles. The minimum Gasteiger partial charge on any atom is -0.490 e. The van der Waals surface area contributed by atoms with Gasteiger partial charge >= 0.3 is 0 Å². The zero-order chi connectivity index (χ0) is 22.1. The van der Waals surface area contributed by atoms with Crippen molar-refractivity contribution in [3.8, 4) is 17.2 Å². The van der Waals surface area contributed by atoms with E-state index >= 15 is 0 Å². The molecule has 0 spiro atoms. The Labute approximate surface area is 179 Å². The van der Waals surface area contributed by atoms with Gasteiger partial charge in [-0.25, -0.2) is 0 Å². The summed E-state index contributed by atoms with van der Waals surface area (Å²) in [6.07, 6.45) is 0. The lowest BCUT2D eigenvalue weighted by atomic mass is 10.1. The maximum Gasteiger partial charge on any atom is 0.271 e. The smallest absolute Gasteiger partial charge is 0.271 e. The summed E-state index contributed by atoms with van der Waals surface area (Å²) in [5.41, 5.74) is 0.545. The fraction of sp³-hybridized carbons (Fsp3) is 0.300. The molecule has 0 unspecified atom stereocenters. The van der Waals surface area contributed by atoms with Gasteiger partial charge in [0.25, 0.3) is 11.6 Å². The van der Waals surface area contributed by atoms with Crippen molar-refractivity contribution in [1.29, 1.82) is 0 Å². The van der Waals surface area contributed by atoms with Crippen molar-refractivity contribution in [3.63, 3.8) is 0 Å². The maximum absolute atomic E-state index is 12.7. The number of rotatable bonds is 9. The van der Waals surface area contributed by atoms with Crippen molar-refractivity contribution < 1.29 is 23.9 Å². The molecular weight excluding hydrogens is 410 g/mol. The molecule has 0 aliphatic rings. The molecule has 0 aromatic heterocycles. The zero-order valence-corrected chi connectivity index (χ0v) is 17.7. The Balaban J connectivity index is 2.21. The van der Waals surface area contributed by atoms with Gasteiger partial charge in [-0.05, 0) is 51.2 Å². The molecule has 30 heavy (non-hydrogen) atoms. The van der Waals surface area contributed by atoms with Crippen LogP contribution in [0.4, 0.5) is 11.4 Å². The Morgan fingerprint density at radius 3 is 2.17 bits per heavy atom. The molecule has 0 heterocycles. The van der Waals surface area contributed by atoms with Crippen molar-refractivity contribution in [2.45, 2.75) is 20.8 Å². The van der Waals surface area contributed by atoms with E-state index in [4.69, 9.17) is 26.4 Å². The van der Waals surface area contributed by atoms with Crippen LogP contribution in [0.5, 0.6) is 17.2 Å². The Bertz CT molecular complexity index is 908. The van der Waals surface area contributed by atoms with Gasteiger partial charge in [0.15, 0.2) is 16.6 Å². The number of nitro groups is 1. The van der Waals surface area contributed by atoms with Crippen LogP contribution >= 0.6 is 12.2 Å². The van der Waals surface area contributed by atoms with Gasteiger partial charge in [-0.15, -0.1) is 0 Å². The third-order valence-corrected chi connectivity index (χ3v) is 3.92. The van der Waals surface area contributed by atoms with Crippen LogP contribution in [0.25, 0.3) is 0 Å². The summed E-state index contributed by atoms with van der Waals surface area (Å²) in [6.45, 7) is 6.64. The van der Waals surface area contributed by atoms with Gasteiger partial charge in [-0.1, -0.05) is 6.07 Å². The normalized spacial score (nSPS) is 10.1. The number of nitrogens with one attached hydrogen (secondary N) is 2. The Hall–Kier alpha value is -3.40. The van der Waals surface area contributed by atoms with Crippen molar-refractivity contribution >= 4 is 34.6 Å². The quantitative estimate of drug-likeness (QED) is 0.348. The van der Waals surface area contributed by atoms with E-state index in [2.05, 4.69) is 10.6 Å². The van der Waals surface area contributed by atoms with E-state index in [1.54, 1.807) is 18.2 Å². The second-order valence-electron chi connectivity index (χ2n) is 5.82. The molecule has 0 fully saturated rings. The van der Waals surface area contributed by atoms with E-state index in [0.29, 0.717) is 42.8 Å². The molecule has 9 nitrogen and oxygen atoms in total. The van der Waals surface area contributed by atoms with E-state index in [1.165, 1.54) is 18.2 Å². The Morgan fingerprint density at radius 1 is 1.03 bits per heavy atom. The lowest BCUT2D eigenvalue weighted by Gasteiger charge is -2.17. The van der Waals surface area contributed by atoms with Gasteiger partial charge in [0, 0.05) is 23.4 Å². The van der Waals surface area contributed by atoms with Gasteiger partial charge in [0.05, 0.1) is 24.7 Å². The number of amides is 1. The van der Waals surface area contributed by atoms with Crippen LogP contribution in [0.3, 0.4) is 0 Å². The standard InChI is InChI=1S/C20H23N3O6S/c1-4-27-16-10-13(11-17(28-5-2)18(16)29-6-3)19(24)22-20(30)21-14-8-7-9-15(12-14)23(25)26/h7-12H,4-6H2,1-3H3,(H2,21,22,24,30). The summed E-state index contributed by atoms with van der Waals surface area (Å²) in [6, 6.07) is 8.88. The molecule has 2 N–H and O–H groups in total. The van der Waals surface area contributed by atoms with Gasteiger partial charge in [0.2, 0.25) is 5.75 Å². The first-order chi connectivity index (χ1) is 14.4. The van der Waals surface area contributed by atoms with Crippen LogP contribution < -0.4 is 24.8 Å². The second-order valence-corrected chi connectivity index (χ2v) is 6.22. The molecular formula is C20H23N3O6S. The number of benzene rings is 2. The number of non-ortho nitro benzene ring substituents is 1. The fourth-order valence-corrected chi connectivity index (χ4v) is 2.77. The number of carbonyl (C=O) groups is 1. The van der Waals surface area contributed by atoms with E-state index in [0.717, 1.165) is 0 Å². The predicted molar refractivity (Wildman–Crippen MR) is 117 cm³/mol. The average molecular weight is 433 g/mol. The summed E-state index contributed by atoms with van der Waals surface area (Å²) >= 11 is 5.16. The maximum atomic E-state index is 12.7. The van der Waals surface area contributed by atoms with Gasteiger partial charge in [-0.3, -0.25) is 20.2 Å². The highest BCUT2D eigenvalue weighted by Crippen LogP contribution is 2.39. The van der Waals surface area contributed by atoms with Crippen LogP contribution in [0.1, 0.15) is 31.1 Å². The predicted octanol–water partition coefficient (Wildman–Crippen LogP) is 3.92. The summed E-state index contributed by atoms with van der Waals surface area (Å²) in [5.74, 6) is 0.693. The number of ether oxygens (including phenoxy) is 3. The molecule has 2 aromatic rings. The minimum atomic E-state index is -0.517. The van der Waals surface area contributed by atoms with Crippen molar-refractivity contribution in [2.24, 2.45) is 0 Å². The van der Waals surface area contributed by atoms with E-state index < -0.39 is 10.8 Å². The van der Waals surface area contributed by atoms with E-state index in [-0.39, 0.29) is 16.4 Å². The highest BCUT2D eigenvalue weighted by molar-refractivity contribution is 7.80. The number of nitrogens with zero attached hydrogens (tertiary/aromatic N) is 1. The first-order valence-electron chi connectivity index (χ1n) is 9.32. The van der Waals surface area contributed by atoms with Crippen LogP contribution in [0.15, 0.2) is 36.4 Å². The minimum absolute atomic E-state index is 0.00898. The highest BCUT2D eigenvalue weighted by atomic mass is 32.1. The van der Waals surface area contributed by atoms with Crippen molar-refractivity contribution in [2.75, 3.05) is 25.1 Å². The van der Waals surface area contributed by atoms with Gasteiger partial charge in [0.1, 0.15) is 0 Å². The molecule has 10 heteroatoms. The molecule has 2 aromatic carbocycles. The SMILES string of the molecule is CCOc1cc(C(=O)NC(=S)Nc2cccc([N+](=O)[O-])c2)cc(OCC)c1OCC. The van der Waals surface area contributed by atoms with Crippen LogP contribution in [-0.2, 0) is 0 Å². The third-order valence-electron chi connectivity index (χ3n) is 3.71. The molecule has 160 valence electrons. The lowest BCUT2D eigenvalue weighted by Crippen LogP contribution is -2.34. The fourth-order valence-electron chi connectivity index (χ4n) is 2.55. The molecule has 0 saturated heterocycles. The van der Waals surface area contributed by atoms with Crippen LogP contribution in [0, 0.1) is 10.1 Å². The largest absolute Gasteiger partial charge is 0.490 e. The second kappa shape index (κ2) is 11.0. The summed E-state index contributed by atoms with van der Waals surface area (Å²) in [4.78, 5) is 23.1. The lowest BCUT2D eigenvalue weighted by molar-refractivity contribution is -0.384. The van der Waals surface area contributed by atoms with Crippen LogP contribution in [0.2, 0.25) is 0 Å². The first-order valence-corrected chi connectivity index (χ1v) is 9.73. The molecule has 0 bridgehead atoms. The number of carbonyl (C=O) groups excluding carboxylic acids is 1. The summed E-state index contributed by atoms with van der Waals surface area (Å²) in [7, 11) is 0. The zero-order valence-electron chi connectivity index (χ0n) is 16.9. The molecule has 1 amide bonds. The molecule has 0 atom stereocenters. The summed E-state index contributed by atoms with van der Waals surface area (Å²) < 4.78 is 16.8. The summed E-state index contributed by atoms with van der Waals surface area (Å²) in [5, 5.41) is 16.2. The van der Waals surface area contributed by atoms with E-state index in [9.17, 15) is 14.9 Å². The number of nitro benzene ring substituents is 1. The van der Waals surface area contributed by atoms with E-state index in [1.807, 2.05) is 20.8 Å².